The minimum atomic E-state index is -0.935. The maximum atomic E-state index is 11.7. The van der Waals surface area contributed by atoms with Gasteiger partial charge in [-0.25, -0.2) is 0 Å². The maximum absolute atomic E-state index is 11.7. The van der Waals surface area contributed by atoms with Gasteiger partial charge in [0.15, 0.2) is 0 Å². The van der Waals surface area contributed by atoms with Gasteiger partial charge in [-0.05, 0) is 37.6 Å². The summed E-state index contributed by atoms with van der Waals surface area (Å²) in [5.74, 6) is 0.664. The summed E-state index contributed by atoms with van der Waals surface area (Å²) in [7, 11) is -0.935. The van der Waals surface area contributed by atoms with Gasteiger partial charge in [0, 0.05) is 15.7 Å². The molecule has 14 heavy (non-hydrogen) atoms. The van der Waals surface area contributed by atoms with Crippen molar-refractivity contribution in [2.45, 2.75) is 17.7 Å². The van der Waals surface area contributed by atoms with Gasteiger partial charge in [-0.2, -0.15) is 0 Å². The van der Waals surface area contributed by atoms with E-state index in [0.29, 0.717) is 17.3 Å². The molecule has 0 spiro atoms. The van der Waals surface area contributed by atoms with Crippen LogP contribution in [-0.4, -0.2) is 16.5 Å². The number of hydrogen-bond donors (Lipinski definition) is 1. The number of unbranched alkanes of at least 4 members (excludes halogenated alkanes) is 1. The SMILES string of the molecule is NCCCCS(=O)c1cccc(Cl)c1. The van der Waals surface area contributed by atoms with E-state index in [4.69, 9.17) is 17.3 Å². The van der Waals surface area contributed by atoms with E-state index < -0.39 is 10.8 Å². The van der Waals surface area contributed by atoms with Gasteiger partial charge in [-0.3, -0.25) is 4.21 Å². The highest BCUT2D eigenvalue weighted by Gasteiger charge is 2.03. The van der Waals surface area contributed by atoms with E-state index in [1.807, 2.05) is 12.1 Å². The number of rotatable bonds is 5. The number of hydrogen-bond acceptors (Lipinski definition) is 2. The van der Waals surface area contributed by atoms with Crippen molar-refractivity contribution in [2.75, 3.05) is 12.3 Å². The van der Waals surface area contributed by atoms with Gasteiger partial charge in [-0.1, -0.05) is 17.7 Å². The van der Waals surface area contributed by atoms with Crippen LogP contribution in [0.2, 0.25) is 5.02 Å². The third-order valence-corrected chi connectivity index (χ3v) is 3.52. The minimum Gasteiger partial charge on any atom is -0.330 e. The summed E-state index contributed by atoms with van der Waals surface area (Å²) in [5.41, 5.74) is 5.36. The van der Waals surface area contributed by atoms with Crippen LogP contribution in [0.25, 0.3) is 0 Å². The Morgan fingerprint density at radius 3 is 2.79 bits per heavy atom. The molecule has 0 heterocycles. The summed E-state index contributed by atoms with van der Waals surface area (Å²) in [4.78, 5) is 0.800. The molecule has 0 aromatic heterocycles. The summed E-state index contributed by atoms with van der Waals surface area (Å²) in [6, 6.07) is 7.19. The summed E-state index contributed by atoms with van der Waals surface area (Å²) < 4.78 is 11.7. The molecule has 0 bridgehead atoms. The van der Waals surface area contributed by atoms with Gasteiger partial charge in [0.2, 0.25) is 0 Å². The Morgan fingerprint density at radius 2 is 2.14 bits per heavy atom. The molecular weight excluding hydrogens is 218 g/mol. The van der Waals surface area contributed by atoms with Crippen LogP contribution in [-0.2, 0) is 10.8 Å². The maximum Gasteiger partial charge on any atom is 0.0530 e. The third kappa shape index (κ3) is 3.78. The molecule has 0 radical (unpaired) electrons. The zero-order valence-electron chi connectivity index (χ0n) is 7.91. The number of halogens is 1. The van der Waals surface area contributed by atoms with Crippen molar-refractivity contribution in [3.63, 3.8) is 0 Å². The molecule has 0 amide bonds. The van der Waals surface area contributed by atoms with Crippen LogP contribution in [0.4, 0.5) is 0 Å². The summed E-state index contributed by atoms with van der Waals surface area (Å²) in [6.45, 7) is 0.659. The van der Waals surface area contributed by atoms with Crippen molar-refractivity contribution in [2.24, 2.45) is 5.73 Å². The van der Waals surface area contributed by atoms with Crippen molar-refractivity contribution < 1.29 is 4.21 Å². The van der Waals surface area contributed by atoms with E-state index >= 15 is 0 Å². The Balaban J connectivity index is 2.52. The van der Waals surface area contributed by atoms with E-state index in [0.717, 1.165) is 17.7 Å². The molecule has 1 aromatic rings. The fraction of sp³-hybridized carbons (Fsp3) is 0.400. The Hall–Kier alpha value is -0.380. The Kier molecular flexibility index (Phi) is 5.15. The molecule has 2 N–H and O–H groups in total. The van der Waals surface area contributed by atoms with E-state index in [1.54, 1.807) is 12.1 Å². The first kappa shape index (κ1) is 11.7. The molecule has 1 atom stereocenters. The normalized spacial score (nSPS) is 12.7. The first-order valence-electron chi connectivity index (χ1n) is 4.58. The Bertz CT molecular complexity index is 317. The lowest BCUT2D eigenvalue weighted by Crippen LogP contribution is -2.03. The lowest BCUT2D eigenvalue weighted by atomic mass is 10.3. The largest absolute Gasteiger partial charge is 0.330 e. The quantitative estimate of drug-likeness (QED) is 0.790. The van der Waals surface area contributed by atoms with Crippen LogP contribution in [0.1, 0.15) is 12.8 Å². The second-order valence-electron chi connectivity index (χ2n) is 3.00. The molecule has 0 aliphatic carbocycles. The predicted molar refractivity (Wildman–Crippen MR) is 61.0 cm³/mol. The van der Waals surface area contributed by atoms with Gasteiger partial charge in [0.1, 0.15) is 0 Å². The highest BCUT2D eigenvalue weighted by atomic mass is 35.5. The first-order chi connectivity index (χ1) is 6.74. The Labute approximate surface area is 91.9 Å². The molecule has 0 saturated carbocycles. The van der Waals surface area contributed by atoms with E-state index in [2.05, 4.69) is 0 Å². The van der Waals surface area contributed by atoms with E-state index in [9.17, 15) is 4.21 Å². The smallest absolute Gasteiger partial charge is 0.0530 e. The fourth-order valence-corrected chi connectivity index (χ4v) is 2.55. The Morgan fingerprint density at radius 1 is 1.36 bits per heavy atom. The number of nitrogens with two attached hydrogens (primary N) is 1. The van der Waals surface area contributed by atoms with E-state index in [-0.39, 0.29) is 0 Å². The van der Waals surface area contributed by atoms with Crippen LogP contribution >= 0.6 is 11.6 Å². The average Bonchev–Trinajstić information content (AvgIpc) is 2.18. The van der Waals surface area contributed by atoms with Crippen molar-refractivity contribution >= 4 is 22.4 Å². The summed E-state index contributed by atoms with van der Waals surface area (Å²) >= 11 is 5.80. The van der Waals surface area contributed by atoms with E-state index in [1.165, 1.54) is 0 Å². The van der Waals surface area contributed by atoms with Crippen LogP contribution in [0.5, 0.6) is 0 Å². The zero-order valence-corrected chi connectivity index (χ0v) is 9.48. The molecule has 1 unspecified atom stereocenters. The molecular formula is C10H14ClNOS. The lowest BCUT2D eigenvalue weighted by Gasteiger charge is -2.01. The molecule has 4 heteroatoms. The topological polar surface area (TPSA) is 43.1 Å². The average molecular weight is 232 g/mol. The van der Waals surface area contributed by atoms with Gasteiger partial charge < -0.3 is 5.73 Å². The van der Waals surface area contributed by atoms with Crippen molar-refractivity contribution in [3.8, 4) is 0 Å². The lowest BCUT2D eigenvalue weighted by molar-refractivity contribution is 0.678. The van der Waals surface area contributed by atoms with Gasteiger partial charge in [0.05, 0.1) is 10.8 Å². The van der Waals surface area contributed by atoms with Gasteiger partial charge in [-0.15, -0.1) is 0 Å². The van der Waals surface area contributed by atoms with Crippen LogP contribution in [0.3, 0.4) is 0 Å². The summed E-state index contributed by atoms with van der Waals surface area (Å²) in [5, 5.41) is 0.634. The molecule has 0 aliphatic rings. The van der Waals surface area contributed by atoms with Crippen molar-refractivity contribution in [1.82, 2.24) is 0 Å². The van der Waals surface area contributed by atoms with Gasteiger partial charge >= 0.3 is 0 Å². The highest BCUT2D eigenvalue weighted by molar-refractivity contribution is 7.85. The number of benzene rings is 1. The second-order valence-corrected chi connectivity index (χ2v) is 5.01. The van der Waals surface area contributed by atoms with Crippen LogP contribution < -0.4 is 5.73 Å². The minimum absolute atomic E-state index is 0.634. The molecule has 1 rings (SSSR count). The van der Waals surface area contributed by atoms with Crippen molar-refractivity contribution in [1.29, 1.82) is 0 Å². The third-order valence-electron chi connectivity index (χ3n) is 1.84. The fourth-order valence-electron chi connectivity index (χ4n) is 1.10. The zero-order chi connectivity index (χ0) is 10.4. The molecule has 0 aliphatic heterocycles. The summed E-state index contributed by atoms with van der Waals surface area (Å²) in [6.07, 6.45) is 1.82. The van der Waals surface area contributed by atoms with Crippen molar-refractivity contribution in [3.05, 3.63) is 29.3 Å². The molecule has 0 fully saturated rings. The molecule has 2 nitrogen and oxygen atoms in total. The molecule has 0 saturated heterocycles. The molecule has 1 aromatic carbocycles. The van der Waals surface area contributed by atoms with Gasteiger partial charge in [0.25, 0.3) is 0 Å². The standard InChI is InChI=1S/C10H14ClNOS/c11-9-4-3-5-10(8-9)14(13)7-2-1-6-12/h3-5,8H,1-2,6-7,12H2. The predicted octanol–water partition coefficient (Wildman–Crippen LogP) is 2.19. The second kappa shape index (κ2) is 6.17. The first-order valence-corrected chi connectivity index (χ1v) is 6.27. The highest BCUT2D eigenvalue weighted by Crippen LogP contribution is 2.14. The van der Waals surface area contributed by atoms with Crippen LogP contribution in [0, 0.1) is 0 Å². The molecule has 78 valence electrons. The monoisotopic (exact) mass is 231 g/mol. The van der Waals surface area contributed by atoms with Crippen LogP contribution in [0.15, 0.2) is 29.2 Å².